The maximum Gasteiger partial charge on any atom is 0.211 e. The van der Waals surface area contributed by atoms with Crippen LogP contribution in [-0.2, 0) is 10.0 Å². The van der Waals surface area contributed by atoms with Gasteiger partial charge in [0.25, 0.3) is 0 Å². The van der Waals surface area contributed by atoms with Crippen LogP contribution >= 0.6 is 24.0 Å². The summed E-state index contributed by atoms with van der Waals surface area (Å²) in [6, 6.07) is 8.40. The van der Waals surface area contributed by atoms with E-state index in [4.69, 9.17) is 4.74 Å². The number of hydrogen-bond acceptors (Lipinski definition) is 4. The van der Waals surface area contributed by atoms with Crippen LogP contribution in [0.3, 0.4) is 0 Å². The standard InChI is InChI=1S/C21H34N4O3S.HI/c1-4-25(29(3,26)27)15-9-14-23-20(22-2)24-18-16-21(12-7-8-13-21)28-19-11-6-5-10-17(18)19;/h5-6,10-11,18H,4,7-9,12-16H2,1-3H3,(H2,22,23,24);1H. The van der Waals surface area contributed by atoms with E-state index in [0.717, 1.165) is 37.4 Å². The van der Waals surface area contributed by atoms with Gasteiger partial charge in [0.1, 0.15) is 11.4 Å². The van der Waals surface area contributed by atoms with E-state index < -0.39 is 10.0 Å². The summed E-state index contributed by atoms with van der Waals surface area (Å²) < 4.78 is 31.3. The lowest BCUT2D eigenvalue weighted by Crippen LogP contribution is -2.47. The van der Waals surface area contributed by atoms with Crippen molar-refractivity contribution in [3.8, 4) is 5.75 Å². The van der Waals surface area contributed by atoms with Crippen LogP contribution in [0, 0.1) is 0 Å². The average molecular weight is 551 g/mol. The molecule has 2 N–H and O–H groups in total. The summed E-state index contributed by atoms with van der Waals surface area (Å²) in [6.07, 6.45) is 7.55. The van der Waals surface area contributed by atoms with Gasteiger partial charge in [0.2, 0.25) is 10.0 Å². The molecule has 9 heteroatoms. The highest BCUT2D eigenvalue weighted by atomic mass is 127. The number of benzene rings is 1. The van der Waals surface area contributed by atoms with E-state index in [1.807, 2.05) is 19.1 Å². The molecule has 1 aliphatic carbocycles. The topological polar surface area (TPSA) is 83.0 Å². The van der Waals surface area contributed by atoms with Gasteiger partial charge in [-0.2, -0.15) is 0 Å². The molecule has 1 saturated carbocycles. The highest BCUT2D eigenvalue weighted by Gasteiger charge is 2.43. The monoisotopic (exact) mass is 550 g/mol. The average Bonchev–Trinajstić information content (AvgIpc) is 3.13. The predicted octanol–water partition coefficient (Wildman–Crippen LogP) is 3.28. The molecular formula is C21H35IN4O3S. The molecule has 170 valence electrons. The summed E-state index contributed by atoms with van der Waals surface area (Å²) in [4.78, 5) is 4.38. The number of aliphatic imine (C=N–C) groups is 1. The first kappa shape index (κ1) is 25.2. The van der Waals surface area contributed by atoms with Crippen molar-refractivity contribution in [1.29, 1.82) is 0 Å². The summed E-state index contributed by atoms with van der Waals surface area (Å²) in [7, 11) is -1.38. The fourth-order valence-electron chi connectivity index (χ4n) is 4.45. The zero-order chi connectivity index (χ0) is 20.9. The lowest BCUT2D eigenvalue weighted by Gasteiger charge is -2.40. The Morgan fingerprint density at radius 1 is 1.30 bits per heavy atom. The molecule has 1 spiro atoms. The molecule has 2 aliphatic rings. The van der Waals surface area contributed by atoms with Gasteiger partial charge in [0.15, 0.2) is 5.96 Å². The smallest absolute Gasteiger partial charge is 0.211 e. The third kappa shape index (κ3) is 6.23. The van der Waals surface area contributed by atoms with Gasteiger partial charge in [-0.3, -0.25) is 4.99 Å². The Hall–Kier alpha value is -1.07. The van der Waals surface area contributed by atoms with Gasteiger partial charge in [-0.25, -0.2) is 12.7 Å². The first-order valence-electron chi connectivity index (χ1n) is 10.6. The zero-order valence-corrected chi connectivity index (χ0v) is 21.3. The summed E-state index contributed by atoms with van der Waals surface area (Å²) in [5.41, 5.74) is 1.10. The molecule has 1 unspecified atom stereocenters. The predicted molar refractivity (Wildman–Crippen MR) is 132 cm³/mol. The van der Waals surface area contributed by atoms with Crippen molar-refractivity contribution in [2.24, 2.45) is 4.99 Å². The highest BCUT2D eigenvalue weighted by Crippen LogP contribution is 2.46. The van der Waals surface area contributed by atoms with E-state index in [0.29, 0.717) is 19.6 Å². The molecule has 1 aliphatic heterocycles. The lowest BCUT2D eigenvalue weighted by atomic mass is 9.86. The van der Waals surface area contributed by atoms with E-state index in [1.54, 1.807) is 7.05 Å². The van der Waals surface area contributed by atoms with Gasteiger partial charge in [-0.15, -0.1) is 24.0 Å². The number of rotatable bonds is 7. The van der Waals surface area contributed by atoms with Gasteiger partial charge in [0, 0.05) is 38.7 Å². The van der Waals surface area contributed by atoms with Gasteiger partial charge in [0.05, 0.1) is 12.3 Å². The second-order valence-electron chi connectivity index (χ2n) is 8.04. The number of fused-ring (bicyclic) bond motifs is 1. The number of guanidine groups is 1. The molecule has 0 bridgehead atoms. The molecule has 7 nitrogen and oxygen atoms in total. The van der Waals surface area contributed by atoms with Crippen molar-refractivity contribution in [2.75, 3.05) is 32.9 Å². The van der Waals surface area contributed by atoms with Gasteiger partial charge in [-0.1, -0.05) is 25.1 Å². The summed E-state index contributed by atoms with van der Waals surface area (Å²) in [6.45, 7) is 3.51. The normalized spacial score (nSPS) is 20.4. The summed E-state index contributed by atoms with van der Waals surface area (Å²) in [5.74, 6) is 1.71. The molecule has 1 aromatic carbocycles. The molecule has 1 aromatic rings. The Balaban J connectivity index is 0.00000320. The van der Waals surface area contributed by atoms with Gasteiger partial charge in [-0.05, 0) is 38.2 Å². The number of nitrogens with zero attached hydrogens (tertiary/aromatic N) is 2. The van der Waals surface area contributed by atoms with E-state index in [9.17, 15) is 8.42 Å². The van der Waals surface area contributed by atoms with Crippen molar-refractivity contribution >= 4 is 40.0 Å². The third-order valence-electron chi connectivity index (χ3n) is 5.94. The molecule has 1 heterocycles. The van der Waals surface area contributed by atoms with E-state index in [2.05, 4.69) is 27.8 Å². The summed E-state index contributed by atoms with van der Waals surface area (Å²) in [5, 5.41) is 6.91. The SMILES string of the molecule is CCN(CCCNC(=NC)NC1CC2(CCCC2)Oc2ccccc21)S(C)(=O)=O.I. The second kappa shape index (κ2) is 11.0. The van der Waals surface area contributed by atoms with Crippen LogP contribution in [0.4, 0.5) is 0 Å². The minimum Gasteiger partial charge on any atom is -0.487 e. The maximum atomic E-state index is 11.7. The zero-order valence-electron chi connectivity index (χ0n) is 18.2. The minimum atomic E-state index is -3.14. The molecule has 0 amide bonds. The van der Waals surface area contributed by atoms with Crippen molar-refractivity contribution in [3.05, 3.63) is 29.8 Å². The van der Waals surface area contributed by atoms with Gasteiger partial charge >= 0.3 is 0 Å². The van der Waals surface area contributed by atoms with Crippen LogP contribution in [0.1, 0.15) is 57.1 Å². The quantitative estimate of drug-likeness (QED) is 0.236. The van der Waals surface area contributed by atoms with Crippen LogP contribution in [-0.4, -0.2) is 57.2 Å². The Bertz CT molecular complexity index is 825. The van der Waals surface area contributed by atoms with Gasteiger partial charge < -0.3 is 15.4 Å². The largest absolute Gasteiger partial charge is 0.487 e. The first-order valence-corrected chi connectivity index (χ1v) is 12.4. The number of ether oxygens (including phenoxy) is 1. The summed E-state index contributed by atoms with van der Waals surface area (Å²) >= 11 is 0. The lowest BCUT2D eigenvalue weighted by molar-refractivity contribution is 0.0396. The number of para-hydroxylation sites is 1. The van der Waals surface area contributed by atoms with Crippen LogP contribution < -0.4 is 15.4 Å². The molecule has 0 aromatic heterocycles. The molecule has 30 heavy (non-hydrogen) atoms. The van der Waals surface area contributed by atoms with Crippen molar-refractivity contribution < 1.29 is 13.2 Å². The second-order valence-corrected chi connectivity index (χ2v) is 10.0. The van der Waals surface area contributed by atoms with Crippen molar-refractivity contribution in [3.63, 3.8) is 0 Å². The number of sulfonamides is 1. The molecular weight excluding hydrogens is 515 g/mol. The molecule has 0 saturated heterocycles. The van der Waals surface area contributed by atoms with Crippen LogP contribution in [0.5, 0.6) is 5.75 Å². The van der Waals surface area contributed by atoms with E-state index in [-0.39, 0.29) is 35.6 Å². The van der Waals surface area contributed by atoms with Crippen molar-refractivity contribution in [2.45, 2.75) is 57.1 Å². The maximum absolute atomic E-state index is 11.7. The third-order valence-corrected chi connectivity index (χ3v) is 7.32. The van der Waals surface area contributed by atoms with Crippen molar-refractivity contribution in [1.82, 2.24) is 14.9 Å². The van der Waals surface area contributed by atoms with Crippen LogP contribution in [0.25, 0.3) is 0 Å². The van der Waals surface area contributed by atoms with E-state index >= 15 is 0 Å². The first-order chi connectivity index (χ1) is 13.9. The molecule has 1 atom stereocenters. The van der Waals surface area contributed by atoms with Crippen LogP contribution in [0.15, 0.2) is 29.3 Å². The fraction of sp³-hybridized carbons (Fsp3) is 0.667. The Kier molecular flexibility index (Phi) is 9.23. The number of hydrogen-bond donors (Lipinski definition) is 2. The number of nitrogens with one attached hydrogen (secondary N) is 2. The highest BCUT2D eigenvalue weighted by molar-refractivity contribution is 14.0. The minimum absolute atomic E-state index is 0. The fourth-order valence-corrected chi connectivity index (χ4v) is 5.38. The number of halogens is 1. The molecule has 0 radical (unpaired) electrons. The Morgan fingerprint density at radius 2 is 2.00 bits per heavy atom. The Labute approximate surface area is 198 Å². The van der Waals surface area contributed by atoms with E-state index in [1.165, 1.54) is 29.0 Å². The molecule has 3 rings (SSSR count). The Morgan fingerprint density at radius 3 is 2.63 bits per heavy atom. The molecule has 1 fully saturated rings. The van der Waals surface area contributed by atoms with Crippen LogP contribution in [0.2, 0.25) is 0 Å².